The Bertz CT molecular complexity index is 1380. The minimum Gasteiger partial charge on any atom is -0.410 e. The molecule has 1 fully saturated rings. The number of aliphatic hydroxyl groups is 1. The minimum atomic E-state index is -2.71. The van der Waals surface area contributed by atoms with E-state index in [4.69, 9.17) is 18.3 Å². The second-order valence-electron chi connectivity index (χ2n) is 15.6. The van der Waals surface area contributed by atoms with Crippen LogP contribution in [-0.2, 0) is 30.5 Å². The van der Waals surface area contributed by atoms with Crippen LogP contribution in [0.15, 0.2) is 84.9 Å². The van der Waals surface area contributed by atoms with E-state index >= 15 is 0 Å². The fourth-order valence-electron chi connectivity index (χ4n) is 8.87. The summed E-state index contributed by atoms with van der Waals surface area (Å²) >= 11 is 0. The van der Waals surface area contributed by atoms with Gasteiger partial charge in [0.15, 0.2) is 0 Å². The van der Waals surface area contributed by atoms with Crippen LogP contribution in [0.5, 0.6) is 0 Å². The zero-order valence-electron chi connectivity index (χ0n) is 30.2. The van der Waals surface area contributed by atoms with E-state index < -0.39 is 34.6 Å². The molecule has 0 bridgehead atoms. The molecule has 47 heavy (non-hydrogen) atoms. The summed E-state index contributed by atoms with van der Waals surface area (Å²) < 4.78 is 28.3. The molecule has 0 unspecified atom stereocenters. The summed E-state index contributed by atoms with van der Waals surface area (Å²) in [4.78, 5) is 0. The van der Waals surface area contributed by atoms with Crippen molar-refractivity contribution < 1.29 is 23.4 Å². The number of aliphatic hydroxyl groups excluding tert-OH is 1. The van der Waals surface area contributed by atoms with Crippen molar-refractivity contribution in [3.8, 4) is 0 Å². The molecule has 0 amide bonds. The maximum atomic E-state index is 12.3. The van der Waals surface area contributed by atoms with Crippen molar-refractivity contribution in [1.29, 1.82) is 0 Å². The smallest absolute Gasteiger partial charge is 0.261 e. The van der Waals surface area contributed by atoms with Crippen molar-refractivity contribution in [2.75, 3.05) is 13.2 Å². The Balaban J connectivity index is 1.51. The van der Waals surface area contributed by atoms with Crippen molar-refractivity contribution in [2.45, 2.75) is 127 Å². The van der Waals surface area contributed by atoms with Crippen LogP contribution in [0.4, 0.5) is 0 Å². The van der Waals surface area contributed by atoms with Crippen molar-refractivity contribution >= 4 is 27.0 Å². The van der Waals surface area contributed by atoms with Gasteiger partial charge in [-0.1, -0.05) is 147 Å². The highest BCUT2D eigenvalue weighted by molar-refractivity contribution is 6.99. The molecule has 3 aromatic rings. The molecule has 0 aromatic heterocycles. The van der Waals surface area contributed by atoms with Gasteiger partial charge in [-0.15, -0.1) is 0 Å². The average Bonchev–Trinajstić information content (AvgIpc) is 3.04. The van der Waals surface area contributed by atoms with E-state index in [1.165, 1.54) is 15.9 Å². The maximum absolute atomic E-state index is 12.3. The summed E-state index contributed by atoms with van der Waals surface area (Å²) in [5.41, 5.74) is 3.27. The summed E-state index contributed by atoms with van der Waals surface area (Å²) in [5, 5.41) is 14.7. The van der Waals surface area contributed by atoms with Gasteiger partial charge in [0, 0.05) is 18.6 Å². The molecular formula is C40H58O5Si2. The second kappa shape index (κ2) is 14.4. The number of fused-ring (bicyclic) bond motifs is 2. The summed E-state index contributed by atoms with van der Waals surface area (Å²) in [6.07, 6.45) is 0.492. The standard InChI is InChI=1S/C40H58O5Si2/c1-29(2)46(30(3)4,31(5)6)45-37-28-33(44-40(38(37)41)36-23-17-16-18-32(36)24-26-42-40)25-27-43-47(39(7,8)9,34-19-12-10-13-20-34)35-21-14-11-15-22-35/h10-23,29-31,33,37-38,41H,24-28H2,1-9H3/t33-,37+,38-,40+/m1/s1. The van der Waals surface area contributed by atoms with E-state index in [9.17, 15) is 5.11 Å². The lowest BCUT2D eigenvalue weighted by Gasteiger charge is -2.53. The van der Waals surface area contributed by atoms with Gasteiger partial charge in [0.25, 0.3) is 8.32 Å². The highest BCUT2D eigenvalue weighted by Gasteiger charge is 2.58. The first-order valence-electron chi connectivity index (χ1n) is 17.8. The highest BCUT2D eigenvalue weighted by Crippen LogP contribution is 2.49. The third-order valence-electron chi connectivity index (χ3n) is 10.9. The summed E-state index contributed by atoms with van der Waals surface area (Å²) in [7, 11) is -5.04. The normalized spacial score (nSPS) is 23.9. The molecular weight excluding hydrogens is 617 g/mol. The lowest BCUT2D eigenvalue weighted by Crippen LogP contribution is -2.67. The summed E-state index contributed by atoms with van der Waals surface area (Å²) in [6.45, 7) is 21.8. The van der Waals surface area contributed by atoms with Gasteiger partial charge in [0.2, 0.25) is 14.1 Å². The SMILES string of the molecule is CC(C)[Si](O[C@H]1C[C@@H](CCO[Si](c2ccccc2)(c2ccccc2)C(C)(C)C)O[C@]2(OCCc3ccccc32)[C@@H]1O)(C(C)C)C(C)C. The van der Waals surface area contributed by atoms with Crippen molar-refractivity contribution in [2.24, 2.45) is 0 Å². The van der Waals surface area contributed by atoms with Gasteiger partial charge in [-0.05, 0) is 50.4 Å². The van der Waals surface area contributed by atoms with Gasteiger partial charge in [0.05, 0.1) is 18.8 Å². The number of hydrogen-bond acceptors (Lipinski definition) is 5. The molecule has 1 spiro atoms. The predicted octanol–water partition coefficient (Wildman–Crippen LogP) is 8.09. The zero-order valence-corrected chi connectivity index (χ0v) is 32.2. The van der Waals surface area contributed by atoms with Crippen LogP contribution < -0.4 is 10.4 Å². The first-order chi connectivity index (χ1) is 22.3. The number of rotatable bonds is 11. The maximum Gasteiger partial charge on any atom is 0.261 e. The molecule has 3 aromatic carbocycles. The van der Waals surface area contributed by atoms with Gasteiger partial charge in [-0.3, -0.25) is 0 Å². The Kier molecular flexibility index (Phi) is 11.1. The van der Waals surface area contributed by atoms with Crippen LogP contribution >= 0.6 is 0 Å². The van der Waals surface area contributed by atoms with Crippen LogP contribution in [0.25, 0.3) is 0 Å². The molecule has 1 saturated heterocycles. The monoisotopic (exact) mass is 674 g/mol. The Morgan fingerprint density at radius 2 is 1.34 bits per heavy atom. The molecule has 2 aliphatic rings. The van der Waals surface area contributed by atoms with Crippen molar-refractivity contribution in [3.63, 3.8) is 0 Å². The highest BCUT2D eigenvalue weighted by atomic mass is 28.4. The Labute approximate surface area is 286 Å². The molecule has 2 heterocycles. The average molecular weight is 675 g/mol. The number of hydrogen-bond donors (Lipinski definition) is 1. The fourth-order valence-corrected chi connectivity index (χ4v) is 19.0. The van der Waals surface area contributed by atoms with Crippen LogP contribution in [-0.4, -0.2) is 53.3 Å². The topological polar surface area (TPSA) is 57.2 Å². The van der Waals surface area contributed by atoms with Crippen molar-refractivity contribution in [1.82, 2.24) is 0 Å². The van der Waals surface area contributed by atoms with E-state index in [0.717, 1.165) is 12.0 Å². The molecule has 1 N–H and O–H groups in total. The van der Waals surface area contributed by atoms with Gasteiger partial charge in [-0.2, -0.15) is 0 Å². The van der Waals surface area contributed by atoms with Crippen LogP contribution in [0, 0.1) is 0 Å². The van der Waals surface area contributed by atoms with Gasteiger partial charge < -0.3 is 23.4 Å². The number of benzene rings is 3. The summed E-state index contributed by atoms with van der Waals surface area (Å²) in [5.74, 6) is -1.27. The first kappa shape index (κ1) is 36.2. The van der Waals surface area contributed by atoms with Gasteiger partial charge in [0.1, 0.15) is 6.10 Å². The second-order valence-corrected chi connectivity index (χ2v) is 25.3. The van der Waals surface area contributed by atoms with Crippen LogP contribution in [0.3, 0.4) is 0 Å². The molecule has 5 nitrogen and oxygen atoms in total. The Morgan fingerprint density at radius 3 is 1.87 bits per heavy atom. The van der Waals surface area contributed by atoms with Crippen LogP contribution in [0.2, 0.25) is 21.7 Å². The van der Waals surface area contributed by atoms with E-state index in [1.54, 1.807) is 0 Å². The Morgan fingerprint density at radius 1 is 0.809 bits per heavy atom. The molecule has 0 aliphatic carbocycles. The molecule has 4 atom stereocenters. The van der Waals surface area contributed by atoms with Gasteiger partial charge in [-0.25, -0.2) is 0 Å². The largest absolute Gasteiger partial charge is 0.410 e. The van der Waals surface area contributed by atoms with E-state index in [2.05, 4.69) is 141 Å². The third kappa shape index (κ3) is 6.62. The predicted molar refractivity (Wildman–Crippen MR) is 197 cm³/mol. The minimum absolute atomic E-state index is 0.116. The van der Waals surface area contributed by atoms with E-state index in [1.807, 2.05) is 6.07 Å². The quantitative estimate of drug-likeness (QED) is 0.209. The molecule has 2 aliphatic heterocycles. The van der Waals surface area contributed by atoms with E-state index in [0.29, 0.717) is 42.7 Å². The molecule has 0 saturated carbocycles. The molecule has 0 radical (unpaired) electrons. The number of ether oxygens (including phenoxy) is 2. The lowest BCUT2D eigenvalue weighted by molar-refractivity contribution is -0.353. The zero-order chi connectivity index (χ0) is 34.0. The lowest BCUT2D eigenvalue weighted by atomic mass is 9.84. The molecule has 256 valence electrons. The van der Waals surface area contributed by atoms with Crippen molar-refractivity contribution in [3.05, 3.63) is 96.1 Å². The molecule has 5 rings (SSSR count). The summed E-state index contributed by atoms with van der Waals surface area (Å²) in [6, 6.07) is 29.9. The van der Waals surface area contributed by atoms with E-state index in [-0.39, 0.29) is 11.1 Å². The van der Waals surface area contributed by atoms with Crippen LogP contribution in [0.1, 0.15) is 86.3 Å². The first-order valence-corrected chi connectivity index (χ1v) is 21.9. The fraction of sp³-hybridized carbons (Fsp3) is 0.550. The van der Waals surface area contributed by atoms with Gasteiger partial charge >= 0.3 is 0 Å². The Hall–Kier alpha value is -2.11. The molecule has 7 heteroatoms. The third-order valence-corrected chi connectivity index (χ3v) is 22.1.